The molecule has 68 heavy (non-hydrogen) atoms. The second-order valence-corrected chi connectivity index (χ2v) is 21.1. The number of piperazine rings is 1. The number of piperidine rings is 1. The van der Waals surface area contributed by atoms with Crippen LogP contribution < -0.4 is 10.6 Å². The fraction of sp³-hybridized carbons (Fsp3) is 0.566. The zero-order valence-corrected chi connectivity index (χ0v) is 40.3. The lowest BCUT2D eigenvalue weighted by Gasteiger charge is -2.46. The Bertz CT molecular complexity index is 2470. The molecule has 5 aliphatic rings. The topological polar surface area (TPSA) is 173 Å². The van der Waals surface area contributed by atoms with Gasteiger partial charge < -0.3 is 40.5 Å². The Morgan fingerprint density at radius 3 is 2.31 bits per heavy atom. The van der Waals surface area contributed by atoms with Crippen LogP contribution in [0.4, 0.5) is 4.79 Å². The number of H-pyrrole nitrogens is 1. The number of aromatic nitrogens is 3. The number of amides is 4. The predicted molar refractivity (Wildman–Crippen MR) is 262 cm³/mol. The molecule has 0 spiro atoms. The summed E-state index contributed by atoms with van der Waals surface area (Å²) in [7, 11) is 0. The lowest BCUT2D eigenvalue weighted by molar-refractivity contribution is -0.142. The number of urea groups is 1. The summed E-state index contributed by atoms with van der Waals surface area (Å²) in [5.74, 6) is 2.73. The standard InChI is InChI=1S/C53H70N10O5/c1-6-35-11-13-36(14-12-35)31-54-50(66)45-29-40(64)33-63(45)51(67)48(53(3,4)5)56-52(68)61-27-25-59(26-28-61)32-37-19-22-60(23-20-37)38-15-17-39(18-16-38)62-24-21-43-47(34(62)2)42-30-44(57-58-49(42)55-43)41-9-7-8-10-46(41)65/h1,7-14,30,34,37-40,45,48,64-65H,15-29,31-33H2,2-5H3,(H,54,66)(H,55,58)(H,56,68)/t34-,38-,39-,40-,45+,48-/m1/s1. The molecule has 4 atom stereocenters. The van der Waals surface area contributed by atoms with E-state index in [1.165, 1.54) is 54.7 Å². The van der Waals surface area contributed by atoms with Gasteiger partial charge in [-0.2, -0.15) is 0 Å². The van der Waals surface area contributed by atoms with Crippen LogP contribution in [0, 0.1) is 23.7 Å². The number of phenols is 1. The van der Waals surface area contributed by atoms with E-state index in [1.54, 1.807) is 6.07 Å². The first-order valence-corrected chi connectivity index (χ1v) is 25.0. The van der Waals surface area contributed by atoms with Crippen molar-refractivity contribution in [2.24, 2.45) is 11.3 Å². The Kier molecular flexibility index (Phi) is 14.1. The highest BCUT2D eigenvalue weighted by Crippen LogP contribution is 2.41. The number of aliphatic hydroxyl groups excluding tert-OH is 1. The smallest absolute Gasteiger partial charge is 0.318 e. The first kappa shape index (κ1) is 47.5. The quantitative estimate of drug-likeness (QED) is 0.132. The van der Waals surface area contributed by atoms with Crippen molar-refractivity contribution in [2.45, 2.75) is 122 Å². The van der Waals surface area contributed by atoms with Gasteiger partial charge in [-0.25, -0.2) is 4.79 Å². The van der Waals surface area contributed by atoms with Crippen LogP contribution in [0.3, 0.4) is 0 Å². The third-order valence-corrected chi connectivity index (χ3v) is 15.7. The van der Waals surface area contributed by atoms with Crippen molar-refractivity contribution < 1.29 is 24.6 Å². The van der Waals surface area contributed by atoms with E-state index in [1.807, 2.05) is 68.1 Å². The van der Waals surface area contributed by atoms with Crippen LogP contribution in [0.5, 0.6) is 5.75 Å². The number of hydrogen-bond acceptors (Lipinski definition) is 10. The molecule has 9 rings (SSSR count). The number of carbonyl (C=O) groups excluding carboxylic acids is 3. The molecule has 362 valence electrons. The highest BCUT2D eigenvalue weighted by Gasteiger charge is 2.45. The number of carbonyl (C=O) groups is 3. The molecule has 0 unspecified atom stereocenters. The van der Waals surface area contributed by atoms with Crippen LogP contribution in [-0.4, -0.2) is 157 Å². The molecule has 2 aromatic carbocycles. The summed E-state index contributed by atoms with van der Waals surface area (Å²) >= 11 is 0. The van der Waals surface area contributed by atoms with E-state index >= 15 is 0 Å². The minimum absolute atomic E-state index is 0.0311. The van der Waals surface area contributed by atoms with Crippen molar-refractivity contribution in [1.82, 2.24) is 50.3 Å². The van der Waals surface area contributed by atoms with Gasteiger partial charge in [0.15, 0.2) is 5.65 Å². The molecular weight excluding hydrogens is 857 g/mol. The monoisotopic (exact) mass is 927 g/mol. The number of phenolic OH excluding ortho intramolecular Hbond substituents is 1. The maximum absolute atomic E-state index is 14.2. The number of fused-ring (bicyclic) bond motifs is 3. The fourth-order valence-electron chi connectivity index (χ4n) is 11.8. The summed E-state index contributed by atoms with van der Waals surface area (Å²) in [6, 6.07) is 16.2. The summed E-state index contributed by atoms with van der Waals surface area (Å²) in [6.45, 7) is 15.5. The first-order chi connectivity index (χ1) is 32.7. The highest BCUT2D eigenvalue weighted by atomic mass is 16.3. The fourth-order valence-corrected chi connectivity index (χ4v) is 11.8. The van der Waals surface area contributed by atoms with E-state index in [0.717, 1.165) is 67.8 Å². The molecule has 4 aliphatic heterocycles. The van der Waals surface area contributed by atoms with Gasteiger partial charge in [0.2, 0.25) is 11.8 Å². The average molecular weight is 927 g/mol. The highest BCUT2D eigenvalue weighted by molar-refractivity contribution is 5.93. The number of para-hydroxylation sites is 1. The van der Waals surface area contributed by atoms with Crippen molar-refractivity contribution >= 4 is 28.9 Å². The molecule has 4 fully saturated rings. The number of aromatic amines is 1. The molecule has 0 bridgehead atoms. The van der Waals surface area contributed by atoms with Gasteiger partial charge in [0.1, 0.15) is 17.8 Å². The number of nitrogens with one attached hydrogen (secondary N) is 3. The number of β-amino-alcohol motifs (C(OH)–C–C–N with tert-alkyl or cyclic N) is 1. The van der Waals surface area contributed by atoms with Gasteiger partial charge in [0.05, 0.1) is 11.8 Å². The van der Waals surface area contributed by atoms with Crippen LogP contribution in [0.15, 0.2) is 54.6 Å². The van der Waals surface area contributed by atoms with Crippen LogP contribution in [0.1, 0.15) is 101 Å². The van der Waals surface area contributed by atoms with Crippen LogP contribution >= 0.6 is 0 Å². The molecule has 4 aromatic rings. The Labute approximate surface area is 401 Å². The number of aliphatic hydroxyl groups is 1. The van der Waals surface area contributed by atoms with Gasteiger partial charge in [-0.1, -0.05) is 51.0 Å². The van der Waals surface area contributed by atoms with Crippen LogP contribution in [0.25, 0.3) is 22.3 Å². The molecule has 1 saturated carbocycles. The maximum atomic E-state index is 14.2. The zero-order chi connectivity index (χ0) is 47.7. The first-order valence-electron chi connectivity index (χ1n) is 25.0. The lowest BCUT2D eigenvalue weighted by Crippen LogP contribution is -2.61. The minimum Gasteiger partial charge on any atom is -0.507 e. The number of rotatable bonds is 10. The third-order valence-electron chi connectivity index (χ3n) is 15.7. The van der Waals surface area contributed by atoms with Crippen molar-refractivity contribution in [3.05, 3.63) is 77.0 Å². The molecule has 2 aromatic heterocycles. The summed E-state index contributed by atoms with van der Waals surface area (Å²) in [6.07, 6.45) is 13.0. The van der Waals surface area contributed by atoms with E-state index in [-0.39, 0.29) is 49.1 Å². The Morgan fingerprint density at radius 2 is 1.62 bits per heavy atom. The predicted octanol–water partition coefficient (Wildman–Crippen LogP) is 5.27. The largest absolute Gasteiger partial charge is 0.507 e. The number of aromatic hydroxyl groups is 1. The van der Waals surface area contributed by atoms with Crippen molar-refractivity contribution in [3.8, 4) is 29.4 Å². The Balaban J connectivity index is 0.712. The van der Waals surface area contributed by atoms with E-state index < -0.39 is 23.6 Å². The molecule has 1 aliphatic carbocycles. The Morgan fingerprint density at radius 1 is 0.912 bits per heavy atom. The van der Waals surface area contributed by atoms with Gasteiger partial charge in [-0.3, -0.25) is 19.4 Å². The normalized spacial score (nSPS) is 24.9. The second kappa shape index (κ2) is 20.2. The van der Waals surface area contributed by atoms with Gasteiger partial charge >= 0.3 is 6.03 Å². The number of hydrogen-bond donors (Lipinski definition) is 5. The van der Waals surface area contributed by atoms with Crippen LogP contribution in [-0.2, 0) is 22.6 Å². The lowest BCUT2D eigenvalue weighted by atomic mass is 9.85. The molecule has 15 nitrogen and oxygen atoms in total. The average Bonchev–Trinajstić information content (AvgIpc) is 3.93. The summed E-state index contributed by atoms with van der Waals surface area (Å²) in [4.78, 5) is 56.2. The van der Waals surface area contributed by atoms with Crippen molar-refractivity contribution in [1.29, 1.82) is 0 Å². The van der Waals surface area contributed by atoms with E-state index in [9.17, 15) is 24.6 Å². The molecular formula is C53H70N10O5. The third kappa shape index (κ3) is 10.2. The summed E-state index contributed by atoms with van der Waals surface area (Å²) in [5, 5.41) is 37.2. The van der Waals surface area contributed by atoms with Gasteiger partial charge in [-0.05, 0) is 111 Å². The van der Waals surface area contributed by atoms with E-state index in [2.05, 4.69) is 59.4 Å². The van der Waals surface area contributed by atoms with Gasteiger partial charge in [0, 0.05) is 106 Å². The molecule has 15 heteroatoms. The molecule has 5 N–H and O–H groups in total. The van der Waals surface area contributed by atoms with E-state index in [0.29, 0.717) is 42.3 Å². The van der Waals surface area contributed by atoms with Gasteiger partial charge in [-0.15, -0.1) is 16.6 Å². The molecule has 0 radical (unpaired) electrons. The molecule has 4 amide bonds. The number of terminal acetylenes is 1. The summed E-state index contributed by atoms with van der Waals surface area (Å²) < 4.78 is 0. The van der Waals surface area contributed by atoms with Crippen molar-refractivity contribution in [2.75, 3.05) is 58.9 Å². The SMILES string of the molecule is C#Cc1ccc(CNC(=O)[C@@H]2C[C@@H](O)CN2C(=O)[C@@H](NC(=O)N2CCN(CC3CCN([C@H]4CC[C@H](N5CCc6[nH]c7nnc(-c8ccccc8O)cc7c6[C@H]5C)CC4)CC3)CC2)C(C)(C)C)cc1. The molecule has 3 saturated heterocycles. The Hall–Kier alpha value is -5.53. The number of nitrogens with zero attached hydrogens (tertiary/aromatic N) is 7. The van der Waals surface area contributed by atoms with E-state index in [4.69, 9.17) is 6.42 Å². The van der Waals surface area contributed by atoms with Crippen molar-refractivity contribution in [3.63, 3.8) is 0 Å². The number of likely N-dealkylation sites (tertiary alicyclic amines) is 2. The molecule has 6 heterocycles. The zero-order valence-electron chi connectivity index (χ0n) is 40.3. The number of benzene rings is 2. The minimum atomic E-state index is -0.880. The maximum Gasteiger partial charge on any atom is 0.318 e. The van der Waals surface area contributed by atoms with Crippen LogP contribution in [0.2, 0.25) is 0 Å². The summed E-state index contributed by atoms with van der Waals surface area (Å²) in [5.41, 5.74) is 5.78. The van der Waals surface area contributed by atoms with Gasteiger partial charge in [0.25, 0.3) is 0 Å². The second-order valence-electron chi connectivity index (χ2n) is 21.1.